The molecule has 2 rings (SSSR count). The predicted molar refractivity (Wildman–Crippen MR) is 73.7 cm³/mol. The molecule has 2 aromatic heterocycles. The Hall–Kier alpha value is -2.23. The normalized spacial score (nSPS) is 10.5. The summed E-state index contributed by atoms with van der Waals surface area (Å²) in [6, 6.07) is 7.57. The van der Waals surface area contributed by atoms with Gasteiger partial charge in [0.25, 0.3) is 5.91 Å². The first-order valence-electron chi connectivity index (χ1n) is 6.30. The first-order chi connectivity index (χ1) is 9.18. The number of aromatic nitrogens is 2. The molecule has 0 bridgehead atoms. The van der Waals surface area contributed by atoms with Gasteiger partial charge >= 0.3 is 0 Å². The number of rotatable bonds is 4. The van der Waals surface area contributed by atoms with Gasteiger partial charge in [-0.3, -0.25) is 14.8 Å². The van der Waals surface area contributed by atoms with Gasteiger partial charge < -0.3 is 5.32 Å². The van der Waals surface area contributed by atoms with Crippen molar-refractivity contribution in [2.45, 2.75) is 26.3 Å². The average Bonchev–Trinajstić information content (AvgIpc) is 2.46. The molecular weight excluding hydrogens is 238 g/mol. The minimum absolute atomic E-state index is 0.145. The second-order valence-electron chi connectivity index (χ2n) is 4.64. The van der Waals surface area contributed by atoms with Crippen LogP contribution in [-0.2, 0) is 6.54 Å². The molecule has 0 unspecified atom stereocenters. The highest BCUT2D eigenvalue weighted by atomic mass is 16.1. The van der Waals surface area contributed by atoms with Crippen molar-refractivity contribution in [2.24, 2.45) is 0 Å². The molecule has 2 aromatic rings. The lowest BCUT2D eigenvalue weighted by Gasteiger charge is -2.11. The summed E-state index contributed by atoms with van der Waals surface area (Å²) in [5, 5.41) is 2.87. The number of nitrogens with zero attached hydrogens (tertiary/aromatic N) is 2. The zero-order valence-electron chi connectivity index (χ0n) is 11.1. The Labute approximate surface area is 112 Å². The third kappa shape index (κ3) is 3.37. The maximum absolute atomic E-state index is 12.1. The van der Waals surface area contributed by atoms with Crippen LogP contribution < -0.4 is 5.32 Å². The highest BCUT2D eigenvalue weighted by molar-refractivity contribution is 5.93. The monoisotopic (exact) mass is 255 g/mol. The van der Waals surface area contributed by atoms with Gasteiger partial charge in [0.15, 0.2) is 0 Å². The first-order valence-corrected chi connectivity index (χ1v) is 6.30. The van der Waals surface area contributed by atoms with E-state index in [9.17, 15) is 4.79 Å². The Morgan fingerprint density at radius 2 is 2.05 bits per heavy atom. The van der Waals surface area contributed by atoms with Crippen LogP contribution in [0.4, 0.5) is 0 Å². The fourth-order valence-corrected chi connectivity index (χ4v) is 1.84. The second kappa shape index (κ2) is 6.09. The van der Waals surface area contributed by atoms with Crippen LogP contribution in [-0.4, -0.2) is 15.9 Å². The molecule has 4 heteroatoms. The van der Waals surface area contributed by atoms with E-state index in [2.05, 4.69) is 29.1 Å². The van der Waals surface area contributed by atoms with Gasteiger partial charge in [0.05, 0.1) is 0 Å². The predicted octanol–water partition coefficient (Wildman–Crippen LogP) is 2.53. The lowest BCUT2D eigenvalue weighted by Crippen LogP contribution is -2.25. The maximum Gasteiger partial charge on any atom is 0.270 e. The molecule has 98 valence electrons. The van der Waals surface area contributed by atoms with E-state index in [1.807, 2.05) is 24.3 Å². The van der Waals surface area contributed by atoms with Gasteiger partial charge in [0, 0.05) is 25.1 Å². The van der Waals surface area contributed by atoms with Gasteiger partial charge in [-0.15, -0.1) is 0 Å². The first kappa shape index (κ1) is 13.2. The molecule has 0 saturated heterocycles. The summed E-state index contributed by atoms with van der Waals surface area (Å²) in [6.45, 7) is 4.56. The molecule has 19 heavy (non-hydrogen) atoms. The Balaban J connectivity index is 2.08. The molecule has 0 saturated carbocycles. The summed E-state index contributed by atoms with van der Waals surface area (Å²) in [6.07, 6.45) is 5.09. The molecule has 0 aliphatic carbocycles. The molecule has 0 aliphatic rings. The Morgan fingerprint density at radius 3 is 2.74 bits per heavy atom. The SMILES string of the molecule is CC(C)c1cccnc1C(=O)NCc1cccnc1. The van der Waals surface area contributed by atoms with E-state index in [0.29, 0.717) is 12.2 Å². The van der Waals surface area contributed by atoms with E-state index < -0.39 is 0 Å². The molecule has 1 N–H and O–H groups in total. The van der Waals surface area contributed by atoms with Crippen molar-refractivity contribution in [3.05, 3.63) is 59.7 Å². The molecule has 1 amide bonds. The van der Waals surface area contributed by atoms with E-state index in [1.165, 1.54) is 0 Å². The molecule has 0 aliphatic heterocycles. The summed E-state index contributed by atoms with van der Waals surface area (Å²) in [5.74, 6) is 0.126. The molecule has 0 fully saturated rings. The maximum atomic E-state index is 12.1. The zero-order chi connectivity index (χ0) is 13.7. The van der Waals surface area contributed by atoms with Gasteiger partial charge in [-0.2, -0.15) is 0 Å². The van der Waals surface area contributed by atoms with Gasteiger partial charge in [-0.25, -0.2) is 0 Å². The van der Waals surface area contributed by atoms with Gasteiger partial charge in [-0.05, 0) is 29.2 Å². The number of hydrogen-bond donors (Lipinski definition) is 1. The van der Waals surface area contributed by atoms with Crippen LogP contribution in [0.25, 0.3) is 0 Å². The lowest BCUT2D eigenvalue weighted by atomic mass is 10.0. The Kier molecular flexibility index (Phi) is 4.23. The number of carbonyl (C=O) groups excluding carboxylic acids is 1. The van der Waals surface area contributed by atoms with Gasteiger partial charge in [0.2, 0.25) is 0 Å². The third-order valence-corrected chi connectivity index (χ3v) is 2.85. The van der Waals surface area contributed by atoms with Crippen molar-refractivity contribution < 1.29 is 4.79 Å². The summed E-state index contributed by atoms with van der Waals surface area (Å²) in [7, 11) is 0. The fourth-order valence-electron chi connectivity index (χ4n) is 1.84. The lowest BCUT2D eigenvalue weighted by molar-refractivity contribution is 0.0944. The van der Waals surface area contributed by atoms with E-state index in [-0.39, 0.29) is 11.8 Å². The molecule has 2 heterocycles. The quantitative estimate of drug-likeness (QED) is 0.913. The van der Waals surface area contributed by atoms with Crippen molar-refractivity contribution in [3.8, 4) is 0 Å². The number of pyridine rings is 2. The average molecular weight is 255 g/mol. The van der Waals surface area contributed by atoms with Crippen LogP contribution >= 0.6 is 0 Å². The van der Waals surface area contributed by atoms with Crippen LogP contribution in [0.5, 0.6) is 0 Å². The number of carbonyl (C=O) groups is 1. The Morgan fingerprint density at radius 1 is 1.26 bits per heavy atom. The van der Waals surface area contributed by atoms with Crippen molar-refractivity contribution in [2.75, 3.05) is 0 Å². The van der Waals surface area contributed by atoms with E-state index in [1.54, 1.807) is 18.6 Å². The zero-order valence-corrected chi connectivity index (χ0v) is 11.1. The molecule has 0 spiro atoms. The molecule has 0 aromatic carbocycles. The topological polar surface area (TPSA) is 54.9 Å². The number of hydrogen-bond acceptors (Lipinski definition) is 3. The third-order valence-electron chi connectivity index (χ3n) is 2.85. The minimum atomic E-state index is -0.145. The van der Waals surface area contributed by atoms with Crippen molar-refractivity contribution in [1.29, 1.82) is 0 Å². The van der Waals surface area contributed by atoms with Crippen LogP contribution in [0.3, 0.4) is 0 Å². The van der Waals surface area contributed by atoms with Crippen molar-refractivity contribution in [3.63, 3.8) is 0 Å². The highest BCUT2D eigenvalue weighted by Gasteiger charge is 2.14. The number of nitrogens with one attached hydrogen (secondary N) is 1. The van der Waals surface area contributed by atoms with Crippen LogP contribution in [0, 0.1) is 0 Å². The molecule has 4 nitrogen and oxygen atoms in total. The summed E-state index contributed by atoms with van der Waals surface area (Å²) in [4.78, 5) is 20.3. The van der Waals surface area contributed by atoms with Crippen molar-refractivity contribution in [1.82, 2.24) is 15.3 Å². The highest BCUT2D eigenvalue weighted by Crippen LogP contribution is 2.17. The van der Waals surface area contributed by atoms with Crippen LogP contribution in [0.15, 0.2) is 42.9 Å². The summed E-state index contributed by atoms with van der Waals surface area (Å²) in [5.41, 5.74) is 2.44. The van der Waals surface area contributed by atoms with E-state index in [0.717, 1.165) is 11.1 Å². The van der Waals surface area contributed by atoms with Gasteiger partial charge in [0.1, 0.15) is 5.69 Å². The van der Waals surface area contributed by atoms with Crippen LogP contribution in [0.1, 0.15) is 41.4 Å². The summed E-state index contributed by atoms with van der Waals surface area (Å²) >= 11 is 0. The van der Waals surface area contributed by atoms with E-state index >= 15 is 0 Å². The van der Waals surface area contributed by atoms with E-state index in [4.69, 9.17) is 0 Å². The second-order valence-corrected chi connectivity index (χ2v) is 4.64. The standard InChI is InChI=1S/C15H17N3O/c1-11(2)13-6-4-8-17-14(13)15(19)18-10-12-5-3-7-16-9-12/h3-9,11H,10H2,1-2H3,(H,18,19). The number of amides is 1. The molecule has 0 atom stereocenters. The van der Waals surface area contributed by atoms with Crippen LogP contribution in [0.2, 0.25) is 0 Å². The smallest absolute Gasteiger partial charge is 0.270 e. The molecular formula is C15H17N3O. The van der Waals surface area contributed by atoms with Gasteiger partial charge in [-0.1, -0.05) is 26.0 Å². The van der Waals surface area contributed by atoms with Crippen molar-refractivity contribution >= 4 is 5.91 Å². The Bertz CT molecular complexity index is 552. The summed E-state index contributed by atoms with van der Waals surface area (Å²) < 4.78 is 0. The largest absolute Gasteiger partial charge is 0.347 e. The molecule has 0 radical (unpaired) electrons. The minimum Gasteiger partial charge on any atom is -0.347 e. The fraction of sp³-hybridized carbons (Fsp3) is 0.267.